The molecule has 1 atom stereocenters. The van der Waals surface area contributed by atoms with E-state index in [4.69, 9.17) is 0 Å². The van der Waals surface area contributed by atoms with Crippen molar-refractivity contribution >= 4 is 0 Å². The first kappa shape index (κ1) is 4.89. The second kappa shape index (κ2) is 2.15. The van der Waals surface area contributed by atoms with Gasteiger partial charge in [0.15, 0.2) is 0 Å². The van der Waals surface area contributed by atoms with E-state index in [1.54, 1.807) is 0 Å². The van der Waals surface area contributed by atoms with E-state index in [1.807, 2.05) is 0 Å². The molecule has 0 aliphatic heterocycles. The minimum atomic E-state index is 0.699. The molecule has 0 nitrogen and oxygen atoms in total. The molecule has 1 aliphatic carbocycles. The maximum Gasteiger partial charge on any atom is -0.0322 e. The first-order valence-electron chi connectivity index (χ1n) is 2.87. The van der Waals surface area contributed by atoms with Crippen LogP contribution in [0.1, 0.15) is 19.3 Å². The molecule has 1 aliphatic rings. The number of hydrogen-bond acceptors (Lipinski definition) is 0. The third kappa shape index (κ3) is 1.34. The van der Waals surface area contributed by atoms with Crippen molar-refractivity contribution in [1.82, 2.24) is 0 Å². The molecule has 0 saturated carbocycles. The molecule has 0 aromatic rings. The summed E-state index contributed by atoms with van der Waals surface area (Å²) in [6.45, 7) is 3.95. The van der Waals surface area contributed by atoms with E-state index in [2.05, 4.69) is 19.1 Å². The SMILES string of the molecule is [CH2][C@H]1CC=CCC1. The lowest BCUT2D eigenvalue weighted by molar-refractivity contribution is 0.580. The van der Waals surface area contributed by atoms with Crippen LogP contribution in [-0.4, -0.2) is 0 Å². The van der Waals surface area contributed by atoms with Gasteiger partial charge in [0, 0.05) is 0 Å². The van der Waals surface area contributed by atoms with E-state index in [0.29, 0.717) is 5.92 Å². The van der Waals surface area contributed by atoms with Crippen LogP contribution in [0.3, 0.4) is 0 Å². The first-order chi connectivity index (χ1) is 3.39. The molecule has 0 aromatic heterocycles. The smallest absolute Gasteiger partial charge is 0.0322 e. The lowest BCUT2D eigenvalue weighted by Crippen LogP contribution is -1.95. The zero-order valence-electron chi connectivity index (χ0n) is 4.56. The lowest BCUT2D eigenvalue weighted by atomic mass is 9.97. The van der Waals surface area contributed by atoms with Crippen molar-refractivity contribution in [3.05, 3.63) is 19.1 Å². The highest BCUT2D eigenvalue weighted by molar-refractivity contribution is 4.90. The molecule has 0 unspecified atom stereocenters. The van der Waals surface area contributed by atoms with Crippen LogP contribution in [0, 0.1) is 12.8 Å². The van der Waals surface area contributed by atoms with Crippen molar-refractivity contribution in [1.29, 1.82) is 0 Å². The zero-order chi connectivity index (χ0) is 5.11. The van der Waals surface area contributed by atoms with E-state index in [9.17, 15) is 0 Å². The lowest BCUT2D eigenvalue weighted by Gasteiger charge is -2.09. The van der Waals surface area contributed by atoms with E-state index in [-0.39, 0.29) is 0 Å². The summed E-state index contributed by atoms with van der Waals surface area (Å²) >= 11 is 0. The van der Waals surface area contributed by atoms with Crippen molar-refractivity contribution in [3.8, 4) is 0 Å². The minimum Gasteiger partial charge on any atom is -0.0885 e. The van der Waals surface area contributed by atoms with Crippen molar-refractivity contribution in [2.24, 2.45) is 5.92 Å². The number of rotatable bonds is 0. The average molecular weight is 95.2 g/mol. The summed E-state index contributed by atoms with van der Waals surface area (Å²) in [7, 11) is 0. The molecule has 1 rings (SSSR count). The first-order valence-corrected chi connectivity index (χ1v) is 2.87. The summed E-state index contributed by atoms with van der Waals surface area (Å²) in [5.41, 5.74) is 0. The molecule has 0 saturated heterocycles. The van der Waals surface area contributed by atoms with Gasteiger partial charge in [0.05, 0.1) is 0 Å². The van der Waals surface area contributed by atoms with Gasteiger partial charge < -0.3 is 0 Å². The van der Waals surface area contributed by atoms with Crippen LogP contribution in [0.5, 0.6) is 0 Å². The van der Waals surface area contributed by atoms with Crippen LogP contribution in [0.15, 0.2) is 12.2 Å². The highest BCUT2D eigenvalue weighted by Crippen LogP contribution is 2.15. The molecular weight excluding hydrogens is 84.1 g/mol. The molecule has 0 fully saturated rings. The Labute approximate surface area is 45.2 Å². The Morgan fingerprint density at radius 2 is 2.29 bits per heavy atom. The molecule has 0 aromatic carbocycles. The van der Waals surface area contributed by atoms with Gasteiger partial charge in [0.2, 0.25) is 0 Å². The Morgan fingerprint density at radius 1 is 1.43 bits per heavy atom. The summed E-state index contributed by atoms with van der Waals surface area (Å²) in [4.78, 5) is 0. The zero-order valence-corrected chi connectivity index (χ0v) is 4.56. The second-order valence-corrected chi connectivity index (χ2v) is 2.15. The van der Waals surface area contributed by atoms with E-state index < -0.39 is 0 Å². The summed E-state index contributed by atoms with van der Waals surface area (Å²) in [5, 5.41) is 0. The molecule has 0 amide bonds. The number of allylic oxidation sites excluding steroid dienone is 2. The Kier molecular flexibility index (Phi) is 1.50. The fraction of sp³-hybridized carbons (Fsp3) is 0.571. The fourth-order valence-corrected chi connectivity index (χ4v) is 0.856. The van der Waals surface area contributed by atoms with Gasteiger partial charge in [-0.05, 0) is 32.1 Å². The molecule has 39 valence electrons. The Bertz CT molecular complexity index is 72.1. The second-order valence-electron chi connectivity index (χ2n) is 2.15. The quantitative estimate of drug-likeness (QED) is 0.404. The molecule has 0 spiro atoms. The van der Waals surface area contributed by atoms with E-state index >= 15 is 0 Å². The van der Waals surface area contributed by atoms with Gasteiger partial charge in [-0.25, -0.2) is 0 Å². The Balaban J connectivity index is 2.32. The molecule has 1 radical (unpaired) electrons. The van der Waals surface area contributed by atoms with E-state index in [1.165, 1.54) is 19.3 Å². The van der Waals surface area contributed by atoms with Gasteiger partial charge in [-0.3, -0.25) is 0 Å². The predicted octanol–water partition coefficient (Wildman–Crippen LogP) is 2.18. The van der Waals surface area contributed by atoms with Gasteiger partial charge in [-0.15, -0.1) is 0 Å². The predicted molar refractivity (Wildman–Crippen MR) is 31.8 cm³/mol. The Hall–Kier alpha value is -0.260. The van der Waals surface area contributed by atoms with Gasteiger partial charge in [0.25, 0.3) is 0 Å². The van der Waals surface area contributed by atoms with Gasteiger partial charge in [-0.1, -0.05) is 12.2 Å². The standard InChI is InChI=1S/C7H11/c1-7-5-3-2-4-6-7/h2-3,7H,1,4-6H2/t7-/m0/s1. The maximum atomic E-state index is 3.95. The molecule has 7 heavy (non-hydrogen) atoms. The molecular formula is C7H11. The Morgan fingerprint density at radius 3 is 2.57 bits per heavy atom. The summed E-state index contributed by atoms with van der Waals surface area (Å²) in [6.07, 6.45) is 8.19. The van der Waals surface area contributed by atoms with Crippen molar-refractivity contribution < 1.29 is 0 Å². The van der Waals surface area contributed by atoms with Gasteiger partial charge in [-0.2, -0.15) is 0 Å². The van der Waals surface area contributed by atoms with Crippen LogP contribution in [0.2, 0.25) is 0 Å². The van der Waals surface area contributed by atoms with Crippen molar-refractivity contribution in [2.45, 2.75) is 19.3 Å². The molecule has 0 bridgehead atoms. The fourth-order valence-electron chi connectivity index (χ4n) is 0.856. The monoisotopic (exact) mass is 95.1 g/mol. The van der Waals surface area contributed by atoms with Crippen LogP contribution < -0.4 is 0 Å². The molecule has 0 heterocycles. The molecule has 0 heteroatoms. The summed E-state index contributed by atoms with van der Waals surface area (Å²) in [6, 6.07) is 0. The third-order valence-corrected chi connectivity index (χ3v) is 1.38. The van der Waals surface area contributed by atoms with Crippen LogP contribution >= 0.6 is 0 Å². The van der Waals surface area contributed by atoms with E-state index in [0.717, 1.165) is 0 Å². The average Bonchev–Trinajstić information content (AvgIpc) is 1.69. The largest absolute Gasteiger partial charge is 0.0885 e. The van der Waals surface area contributed by atoms with Crippen LogP contribution in [0.4, 0.5) is 0 Å². The normalized spacial score (nSPS) is 30.7. The highest BCUT2D eigenvalue weighted by Gasteiger charge is 2.00. The summed E-state index contributed by atoms with van der Waals surface area (Å²) in [5.74, 6) is 0.699. The van der Waals surface area contributed by atoms with Crippen molar-refractivity contribution in [2.75, 3.05) is 0 Å². The minimum absolute atomic E-state index is 0.699. The van der Waals surface area contributed by atoms with Gasteiger partial charge >= 0.3 is 0 Å². The third-order valence-electron chi connectivity index (χ3n) is 1.38. The topological polar surface area (TPSA) is 0 Å². The maximum absolute atomic E-state index is 3.95. The highest BCUT2D eigenvalue weighted by atomic mass is 14.1. The number of hydrogen-bond donors (Lipinski definition) is 0. The van der Waals surface area contributed by atoms with Crippen LogP contribution in [-0.2, 0) is 0 Å². The van der Waals surface area contributed by atoms with Crippen LogP contribution in [0.25, 0.3) is 0 Å². The molecule has 0 N–H and O–H groups in total. The summed E-state index contributed by atoms with van der Waals surface area (Å²) < 4.78 is 0. The van der Waals surface area contributed by atoms with Crippen molar-refractivity contribution in [3.63, 3.8) is 0 Å². The van der Waals surface area contributed by atoms with Gasteiger partial charge in [0.1, 0.15) is 0 Å².